The highest BCUT2D eigenvalue weighted by atomic mass is 16.5. The van der Waals surface area contributed by atoms with Gasteiger partial charge in [-0.3, -0.25) is 14.9 Å². The lowest BCUT2D eigenvalue weighted by atomic mass is 10.1. The second-order valence-electron chi connectivity index (χ2n) is 7.58. The minimum Gasteiger partial charge on any atom is -0.396 e. The van der Waals surface area contributed by atoms with Crippen molar-refractivity contribution in [1.29, 1.82) is 5.26 Å². The van der Waals surface area contributed by atoms with Gasteiger partial charge in [-0.15, -0.1) is 0 Å². The van der Waals surface area contributed by atoms with Gasteiger partial charge in [0.25, 0.3) is 11.8 Å². The van der Waals surface area contributed by atoms with Crippen molar-refractivity contribution in [2.75, 3.05) is 36.6 Å². The van der Waals surface area contributed by atoms with Gasteiger partial charge in [0.15, 0.2) is 0 Å². The molecule has 1 atom stereocenters. The van der Waals surface area contributed by atoms with E-state index in [1.807, 2.05) is 35.8 Å². The molecular formula is C23H23N5O4. The lowest BCUT2D eigenvalue weighted by molar-refractivity contribution is -0.125. The molecule has 1 aliphatic heterocycles. The summed E-state index contributed by atoms with van der Waals surface area (Å²) in [5.41, 5.74) is 2.84. The maximum absolute atomic E-state index is 12.9. The van der Waals surface area contributed by atoms with Crippen LogP contribution in [0.1, 0.15) is 35.3 Å². The summed E-state index contributed by atoms with van der Waals surface area (Å²) in [6, 6.07) is 13.8. The first-order valence-electron chi connectivity index (χ1n) is 10.3. The van der Waals surface area contributed by atoms with E-state index >= 15 is 0 Å². The molecule has 164 valence electrons. The number of anilines is 2. The Morgan fingerprint density at radius 1 is 1.34 bits per heavy atom. The standard InChI is InChI=1S/C23H23N5O4/c1-15(7-9-29)28-20-6-5-18(27-8-10-32-14-21(27)30)12-19(20)25-23(28)26-22(31)17-4-2-3-16(11-17)13-24/h2-6,11-12,15,29H,7-10,14H2,1H3,(H,25,26,31). The number of hydrogen-bond donors (Lipinski definition) is 2. The van der Waals surface area contributed by atoms with Gasteiger partial charge >= 0.3 is 0 Å². The predicted octanol–water partition coefficient (Wildman–Crippen LogP) is 2.47. The molecule has 0 aliphatic carbocycles. The Bertz CT molecular complexity index is 1210. The number of carbonyl (C=O) groups is 2. The average Bonchev–Trinajstić information content (AvgIpc) is 3.16. The van der Waals surface area contributed by atoms with E-state index in [2.05, 4.69) is 10.3 Å². The molecule has 2 amide bonds. The van der Waals surface area contributed by atoms with Crippen LogP contribution >= 0.6 is 0 Å². The van der Waals surface area contributed by atoms with Crippen molar-refractivity contribution in [3.05, 3.63) is 53.6 Å². The number of morpholine rings is 1. The van der Waals surface area contributed by atoms with Gasteiger partial charge in [0, 0.05) is 30.4 Å². The highest BCUT2D eigenvalue weighted by Gasteiger charge is 2.23. The topological polar surface area (TPSA) is 120 Å². The van der Waals surface area contributed by atoms with Crippen LogP contribution in [-0.2, 0) is 9.53 Å². The summed E-state index contributed by atoms with van der Waals surface area (Å²) < 4.78 is 7.07. The number of carbonyl (C=O) groups excluding carboxylic acids is 2. The highest BCUT2D eigenvalue weighted by molar-refractivity contribution is 6.04. The number of nitrogens with zero attached hydrogens (tertiary/aromatic N) is 4. The van der Waals surface area contributed by atoms with Crippen LogP contribution in [0.3, 0.4) is 0 Å². The van der Waals surface area contributed by atoms with Crippen molar-refractivity contribution in [3.63, 3.8) is 0 Å². The molecule has 1 saturated heterocycles. The average molecular weight is 433 g/mol. The zero-order valence-electron chi connectivity index (χ0n) is 17.6. The summed E-state index contributed by atoms with van der Waals surface area (Å²) in [5.74, 6) is -0.174. The Hall–Kier alpha value is -3.74. The number of nitriles is 1. The Balaban J connectivity index is 1.72. The number of hydrogen-bond acceptors (Lipinski definition) is 6. The maximum atomic E-state index is 12.9. The first-order valence-corrected chi connectivity index (χ1v) is 10.3. The number of ether oxygens (including phenoxy) is 1. The van der Waals surface area contributed by atoms with E-state index in [0.29, 0.717) is 47.9 Å². The van der Waals surface area contributed by atoms with Gasteiger partial charge < -0.3 is 19.3 Å². The van der Waals surface area contributed by atoms with Crippen molar-refractivity contribution >= 4 is 34.5 Å². The Morgan fingerprint density at radius 2 is 2.19 bits per heavy atom. The Kier molecular flexibility index (Phi) is 6.16. The third-order valence-corrected chi connectivity index (χ3v) is 5.44. The molecule has 1 unspecified atom stereocenters. The third kappa shape index (κ3) is 4.19. The van der Waals surface area contributed by atoms with Gasteiger partial charge in [-0.25, -0.2) is 4.98 Å². The number of nitrogens with one attached hydrogen (secondary N) is 1. The number of amides is 2. The van der Waals surface area contributed by atoms with Crippen molar-refractivity contribution in [3.8, 4) is 6.07 Å². The second kappa shape index (κ2) is 9.18. The largest absolute Gasteiger partial charge is 0.396 e. The number of fused-ring (bicyclic) bond motifs is 1. The number of aliphatic hydroxyl groups is 1. The molecule has 0 radical (unpaired) electrons. The first kappa shape index (κ1) is 21.5. The number of aromatic nitrogens is 2. The lowest BCUT2D eigenvalue weighted by Gasteiger charge is -2.26. The van der Waals surface area contributed by atoms with E-state index < -0.39 is 5.91 Å². The van der Waals surface area contributed by atoms with Gasteiger partial charge in [-0.05, 0) is 49.7 Å². The number of aliphatic hydroxyl groups excluding tert-OH is 1. The summed E-state index contributed by atoms with van der Waals surface area (Å²) in [6.45, 7) is 2.89. The van der Waals surface area contributed by atoms with Crippen LogP contribution < -0.4 is 10.2 Å². The molecule has 4 rings (SSSR count). The van der Waals surface area contributed by atoms with Crippen molar-refractivity contribution in [1.82, 2.24) is 9.55 Å². The van der Waals surface area contributed by atoms with Crippen LogP contribution in [0.15, 0.2) is 42.5 Å². The smallest absolute Gasteiger partial charge is 0.258 e. The molecule has 1 fully saturated rings. The molecule has 32 heavy (non-hydrogen) atoms. The predicted molar refractivity (Wildman–Crippen MR) is 118 cm³/mol. The van der Waals surface area contributed by atoms with Gasteiger partial charge in [0.2, 0.25) is 5.95 Å². The fourth-order valence-electron chi connectivity index (χ4n) is 3.80. The van der Waals surface area contributed by atoms with E-state index in [9.17, 15) is 14.7 Å². The lowest BCUT2D eigenvalue weighted by Crippen LogP contribution is -2.41. The van der Waals surface area contributed by atoms with E-state index in [0.717, 1.165) is 5.52 Å². The molecule has 2 aromatic carbocycles. The van der Waals surface area contributed by atoms with Crippen LogP contribution in [0, 0.1) is 11.3 Å². The molecule has 0 spiro atoms. The molecule has 1 aliphatic rings. The van der Waals surface area contributed by atoms with E-state index in [1.54, 1.807) is 23.1 Å². The Morgan fingerprint density at radius 3 is 2.94 bits per heavy atom. The molecular weight excluding hydrogens is 410 g/mol. The Labute approximate surface area is 184 Å². The summed E-state index contributed by atoms with van der Waals surface area (Å²) in [5, 5.41) is 21.4. The number of imidazole rings is 1. The maximum Gasteiger partial charge on any atom is 0.258 e. The van der Waals surface area contributed by atoms with E-state index in [-0.39, 0.29) is 25.2 Å². The van der Waals surface area contributed by atoms with Crippen LogP contribution in [0.25, 0.3) is 11.0 Å². The van der Waals surface area contributed by atoms with Gasteiger partial charge in [0.1, 0.15) is 6.61 Å². The molecule has 0 saturated carbocycles. The van der Waals surface area contributed by atoms with Crippen molar-refractivity contribution < 1.29 is 19.4 Å². The number of rotatable bonds is 6. The van der Waals surface area contributed by atoms with Gasteiger partial charge in [-0.2, -0.15) is 5.26 Å². The number of benzene rings is 2. The molecule has 9 heteroatoms. The SMILES string of the molecule is CC(CCO)n1c(NC(=O)c2cccc(C#N)c2)nc2cc(N3CCOCC3=O)ccc21. The summed E-state index contributed by atoms with van der Waals surface area (Å²) in [6.07, 6.45) is 0.474. The molecule has 1 aromatic heterocycles. The fourth-order valence-corrected chi connectivity index (χ4v) is 3.80. The molecule has 3 aromatic rings. The molecule has 9 nitrogen and oxygen atoms in total. The zero-order valence-corrected chi connectivity index (χ0v) is 17.6. The quantitative estimate of drug-likeness (QED) is 0.616. The highest BCUT2D eigenvalue weighted by Crippen LogP contribution is 2.30. The third-order valence-electron chi connectivity index (χ3n) is 5.44. The normalized spacial score (nSPS) is 14.9. The van der Waals surface area contributed by atoms with Crippen molar-refractivity contribution in [2.24, 2.45) is 0 Å². The summed E-state index contributed by atoms with van der Waals surface area (Å²) >= 11 is 0. The summed E-state index contributed by atoms with van der Waals surface area (Å²) in [4.78, 5) is 31.4. The van der Waals surface area contributed by atoms with Gasteiger partial charge in [0.05, 0.1) is 29.3 Å². The monoisotopic (exact) mass is 433 g/mol. The van der Waals surface area contributed by atoms with E-state index in [1.165, 1.54) is 6.07 Å². The van der Waals surface area contributed by atoms with Crippen molar-refractivity contribution in [2.45, 2.75) is 19.4 Å². The fraction of sp³-hybridized carbons (Fsp3) is 0.304. The first-order chi connectivity index (χ1) is 15.5. The minimum absolute atomic E-state index is 0.0151. The van der Waals surface area contributed by atoms with Crippen LogP contribution in [0.5, 0.6) is 0 Å². The molecule has 2 heterocycles. The van der Waals surface area contributed by atoms with E-state index in [4.69, 9.17) is 10.00 Å². The minimum atomic E-state index is -0.390. The van der Waals surface area contributed by atoms with Crippen LogP contribution in [0.2, 0.25) is 0 Å². The molecule has 0 bridgehead atoms. The van der Waals surface area contributed by atoms with Gasteiger partial charge in [-0.1, -0.05) is 6.07 Å². The van der Waals surface area contributed by atoms with Crippen LogP contribution in [0.4, 0.5) is 11.6 Å². The molecule has 2 N–H and O–H groups in total. The summed E-state index contributed by atoms with van der Waals surface area (Å²) in [7, 11) is 0. The zero-order chi connectivity index (χ0) is 22.7. The van der Waals surface area contributed by atoms with Crippen LogP contribution in [-0.4, -0.2) is 52.8 Å². The second-order valence-corrected chi connectivity index (χ2v) is 7.58.